The van der Waals surface area contributed by atoms with Gasteiger partial charge in [-0.05, 0) is 12.5 Å². The van der Waals surface area contributed by atoms with E-state index in [-0.39, 0.29) is 12.1 Å². The summed E-state index contributed by atoms with van der Waals surface area (Å²) in [5.74, 6) is -0.271. The van der Waals surface area contributed by atoms with Crippen LogP contribution in [0.25, 0.3) is 0 Å². The maximum absolute atomic E-state index is 11.6. The molecule has 4 heteroatoms. The first-order chi connectivity index (χ1) is 9.29. The topological polar surface area (TPSA) is 44.8 Å². The number of hydrogen-bond donors (Lipinski definition) is 0. The SMILES string of the molecule is CCOC1CC(OCc2ccccc2)CCOC1=O. The molecule has 0 N–H and O–H groups in total. The van der Waals surface area contributed by atoms with Crippen molar-refractivity contribution in [1.29, 1.82) is 0 Å². The highest BCUT2D eigenvalue weighted by Gasteiger charge is 2.28. The van der Waals surface area contributed by atoms with Crippen molar-refractivity contribution in [1.82, 2.24) is 0 Å². The van der Waals surface area contributed by atoms with Crippen molar-refractivity contribution in [3.05, 3.63) is 35.9 Å². The molecule has 0 amide bonds. The summed E-state index contributed by atoms with van der Waals surface area (Å²) in [6, 6.07) is 10.0. The minimum Gasteiger partial charge on any atom is -0.464 e. The van der Waals surface area contributed by atoms with Gasteiger partial charge in [0.25, 0.3) is 0 Å². The molecule has 4 nitrogen and oxygen atoms in total. The average molecular weight is 264 g/mol. The minimum atomic E-state index is -0.492. The Hall–Kier alpha value is -1.39. The molecular weight excluding hydrogens is 244 g/mol. The summed E-state index contributed by atoms with van der Waals surface area (Å²) >= 11 is 0. The second-order valence-corrected chi connectivity index (χ2v) is 4.55. The molecule has 1 saturated heterocycles. The van der Waals surface area contributed by atoms with Crippen LogP contribution in [0.4, 0.5) is 0 Å². The fourth-order valence-electron chi connectivity index (χ4n) is 2.11. The van der Waals surface area contributed by atoms with E-state index in [1.807, 2.05) is 37.3 Å². The van der Waals surface area contributed by atoms with Gasteiger partial charge in [0.2, 0.25) is 0 Å². The van der Waals surface area contributed by atoms with Gasteiger partial charge in [0.15, 0.2) is 6.10 Å². The van der Waals surface area contributed by atoms with Crippen LogP contribution in [0.3, 0.4) is 0 Å². The van der Waals surface area contributed by atoms with Crippen LogP contribution in [0.15, 0.2) is 30.3 Å². The molecule has 1 aromatic carbocycles. The van der Waals surface area contributed by atoms with Gasteiger partial charge in [-0.3, -0.25) is 0 Å². The number of rotatable bonds is 5. The lowest BCUT2D eigenvalue weighted by Gasteiger charge is -2.18. The van der Waals surface area contributed by atoms with Crippen LogP contribution in [0.5, 0.6) is 0 Å². The first kappa shape index (κ1) is 14.0. The van der Waals surface area contributed by atoms with E-state index < -0.39 is 6.10 Å². The van der Waals surface area contributed by atoms with Crippen LogP contribution in [-0.4, -0.2) is 31.4 Å². The molecule has 1 fully saturated rings. The van der Waals surface area contributed by atoms with Crippen molar-refractivity contribution in [2.75, 3.05) is 13.2 Å². The van der Waals surface area contributed by atoms with E-state index in [4.69, 9.17) is 14.2 Å². The zero-order chi connectivity index (χ0) is 13.5. The number of benzene rings is 1. The fraction of sp³-hybridized carbons (Fsp3) is 0.533. The second-order valence-electron chi connectivity index (χ2n) is 4.55. The molecule has 2 rings (SSSR count). The van der Waals surface area contributed by atoms with Crippen molar-refractivity contribution >= 4 is 5.97 Å². The van der Waals surface area contributed by atoms with Crippen LogP contribution in [-0.2, 0) is 25.6 Å². The van der Waals surface area contributed by atoms with Gasteiger partial charge >= 0.3 is 5.97 Å². The summed E-state index contributed by atoms with van der Waals surface area (Å²) in [7, 11) is 0. The number of esters is 1. The third-order valence-corrected chi connectivity index (χ3v) is 3.12. The molecule has 0 spiro atoms. The zero-order valence-corrected chi connectivity index (χ0v) is 11.2. The van der Waals surface area contributed by atoms with E-state index in [2.05, 4.69) is 0 Å². The van der Waals surface area contributed by atoms with Gasteiger partial charge < -0.3 is 14.2 Å². The molecule has 0 radical (unpaired) electrons. The van der Waals surface area contributed by atoms with E-state index in [1.165, 1.54) is 0 Å². The number of cyclic esters (lactones) is 1. The standard InChI is InChI=1S/C15H20O4/c1-2-17-14-10-13(8-9-18-15(14)16)19-11-12-6-4-3-5-7-12/h3-7,13-14H,2,8-11H2,1H3. The molecule has 0 aliphatic carbocycles. The molecule has 1 aliphatic heterocycles. The molecular formula is C15H20O4. The number of carbonyl (C=O) groups excluding carboxylic acids is 1. The zero-order valence-electron chi connectivity index (χ0n) is 11.2. The summed E-state index contributed by atoms with van der Waals surface area (Å²) < 4.78 is 16.4. The van der Waals surface area contributed by atoms with E-state index in [9.17, 15) is 4.79 Å². The molecule has 104 valence electrons. The summed E-state index contributed by atoms with van der Waals surface area (Å²) in [6.45, 7) is 3.34. The molecule has 1 heterocycles. The summed E-state index contributed by atoms with van der Waals surface area (Å²) in [6.07, 6.45) is 0.804. The van der Waals surface area contributed by atoms with Crippen molar-refractivity contribution in [2.24, 2.45) is 0 Å². The fourth-order valence-corrected chi connectivity index (χ4v) is 2.11. The van der Waals surface area contributed by atoms with Gasteiger partial charge in [-0.25, -0.2) is 4.79 Å². The molecule has 1 aliphatic rings. The Morgan fingerprint density at radius 2 is 2.05 bits per heavy atom. The van der Waals surface area contributed by atoms with E-state index in [1.54, 1.807) is 0 Å². The lowest BCUT2D eigenvalue weighted by Crippen LogP contribution is -2.28. The third kappa shape index (κ3) is 4.33. The van der Waals surface area contributed by atoms with Gasteiger partial charge in [-0.1, -0.05) is 30.3 Å². The van der Waals surface area contributed by atoms with Gasteiger partial charge in [-0.15, -0.1) is 0 Å². The van der Waals surface area contributed by atoms with Crippen molar-refractivity contribution < 1.29 is 19.0 Å². The van der Waals surface area contributed by atoms with Gasteiger partial charge in [0, 0.05) is 19.4 Å². The van der Waals surface area contributed by atoms with Crippen molar-refractivity contribution in [2.45, 2.75) is 38.6 Å². The lowest BCUT2D eigenvalue weighted by molar-refractivity contribution is -0.155. The first-order valence-electron chi connectivity index (χ1n) is 6.73. The molecule has 0 saturated carbocycles. The van der Waals surface area contributed by atoms with E-state index in [0.29, 0.717) is 26.2 Å². The highest BCUT2D eigenvalue weighted by molar-refractivity contribution is 5.75. The predicted octanol–water partition coefficient (Wildman–Crippen LogP) is 2.31. The Bertz CT molecular complexity index is 390. The highest BCUT2D eigenvalue weighted by Crippen LogP contribution is 2.17. The number of hydrogen-bond acceptors (Lipinski definition) is 4. The smallest absolute Gasteiger partial charge is 0.335 e. The molecule has 2 atom stereocenters. The predicted molar refractivity (Wildman–Crippen MR) is 70.6 cm³/mol. The molecule has 0 bridgehead atoms. The average Bonchev–Trinajstić information content (AvgIpc) is 2.61. The van der Waals surface area contributed by atoms with Crippen LogP contribution >= 0.6 is 0 Å². The van der Waals surface area contributed by atoms with E-state index in [0.717, 1.165) is 12.0 Å². The summed E-state index contributed by atoms with van der Waals surface area (Å²) in [5.41, 5.74) is 1.13. The van der Waals surface area contributed by atoms with Gasteiger partial charge in [0.05, 0.1) is 19.3 Å². The Morgan fingerprint density at radius 1 is 1.26 bits per heavy atom. The van der Waals surface area contributed by atoms with Crippen molar-refractivity contribution in [3.63, 3.8) is 0 Å². The van der Waals surface area contributed by atoms with Gasteiger partial charge in [0.1, 0.15) is 0 Å². The summed E-state index contributed by atoms with van der Waals surface area (Å²) in [5, 5.41) is 0. The molecule has 0 aromatic heterocycles. The number of ether oxygens (including phenoxy) is 3. The van der Waals surface area contributed by atoms with Gasteiger partial charge in [-0.2, -0.15) is 0 Å². The minimum absolute atomic E-state index is 0.00297. The maximum Gasteiger partial charge on any atom is 0.335 e. The maximum atomic E-state index is 11.6. The normalized spacial score (nSPS) is 23.7. The highest BCUT2D eigenvalue weighted by atomic mass is 16.6. The van der Waals surface area contributed by atoms with Crippen LogP contribution in [0, 0.1) is 0 Å². The largest absolute Gasteiger partial charge is 0.464 e. The monoisotopic (exact) mass is 264 g/mol. The Kier molecular flexibility index (Phi) is 5.36. The second kappa shape index (κ2) is 7.26. The van der Waals surface area contributed by atoms with Crippen LogP contribution < -0.4 is 0 Å². The number of carbonyl (C=O) groups is 1. The van der Waals surface area contributed by atoms with Crippen LogP contribution in [0.2, 0.25) is 0 Å². The third-order valence-electron chi connectivity index (χ3n) is 3.12. The Labute approximate surface area is 113 Å². The first-order valence-corrected chi connectivity index (χ1v) is 6.73. The quantitative estimate of drug-likeness (QED) is 0.766. The molecule has 19 heavy (non-hydrogen) atoms. The molecule has 2 unspecified atom stereocenters. The van der Waals surface area contributed by atoms with E-state index >= 15 is 0 Å². The Morgan fingerprint density at radius 3 is 2.79 bits per heavy atom. The molecule has 1 aromatic rings. The lowest BCUT2D eigenvalue weighted by atomic mass is 10.1. The Balaban J connectivity index is 1.87. The van der Waals surface area contributed by atoms with Crippen LogP contribution in [0.1, 0.15) is 25.3 Å². The summed E-state index contributed by atoms with van der Waals surface area (Å²) in [4.78, 5) is 11.6. The van der Waals surface area contributed by atoms with Crippen molar-refractivity contribution in [3.8, 4) is 0 Å².